The van der Waals surface area contributed by atoms with Crippen LogP contribution in [0.1, 0.15) is 25.1 Å². The minimum absolute atomic E-state index is 0.0577. The van der Waals surface area contributed by atoms with E-state index in [9.17, 15) is 4.79 Å². The molecule has 0 aliphatic rings. The van der Waals surface area contributed by atoms with Crippen molar-refractivity contribution >= 4 is 34.3 Å². The molecule has 0 aliphatic carbocycles. The average Bonchev–Trinajstić information content (AvgIpc) is 2.94. The van der Waals surface area contributed by atoms with Crippen LogP contribution in [0.25, 0.3) is 10.9 Å². The second-order valence-corrected chi connectivity index (χ2v) is 6.40. The lowest BCUT2D eigenvalue weighted by molar-refractivity contribution is 0.485. The summed E-state index contributed by atoms with van der Waals surface area (Å²) < 4.78 is 7.05. The lowest BCUT2D eigenvalue weighted by atomic mass is 10.2. The fourth-order valence-corrected chi connectivity index (χ4v) is 3.26. The summed E-state index contributed by atoms with van der Waals surface area (Å²) in [7, 11) is 0. The first-order valence-electron chi connectivity index (χ1n) is 7.20. The van der Waals surface area contributed by atoms with E-state index in [0.29, 0.717) is 45.2 Å². The molecule has 0 saturated heterocycles. The Bertz CT molecular complexity index is 906. The Balaban J connectivity index is 2.02. The number of hydrogen-bond acceptors (Lipinski definition) is 6. The monoisotopic (exact) mass is 350 g/mol. The van der Waals surface area contributed by atoms with E-state index in [1.807, 2.05) is 6.92 Å². The highest BCUT2D eigenvalue weighted by Gasteiger charge is 2.13. The van der Waals surface area contributed by atoms with Gasteiger partial charge >= 0.3 is 0 Å². The van der Waals surface area contributed by atoms with Gasteiger partial charge in [-0.2, -0.15) is 0 Å². The summed E-state index contributed by atoms with van der Waals surface area (Å²) in [5, 5.41) is 9.52. The first-order valence-corrected chi connectivity index (χ1v) is 8.56. The zero-order chi connectivity index (χ0) is 16.4. The van der Waals surface area contributed by atoms with E-state index in [1.165, 1.54) is 11.8 Å². The van der Waals surface area contributed by atoms with E-state index in [2.05, 4.69) is 15.2 Å². The molecule has 23 heavy (non-hydrogen) atoms. The number of benzene rings is 1. The molecule has 0 saturated carbocycles. The molecular weight excluding hydrogens is 336 g/mol. The molecule has 6 nitrogen and oxygen atoms in total. The number of aromatic nitrogens is 4. The summed E-state index contributed by atoms with van der Waals surface area (Å²) >= 11 is 7.41. The molecule has 120 valence electrons. The van der Waals surface area contributed by atoms with Crippen molar-refractivity contribution < 1.29 is 4.42 Å². The van der Waals surface area contributed by atoms with E-state index in [0.717, 1.165) is 6.42 Å². The van der Waals surface area contributed by atoms with Gasteiger partial charge in [-0.3, -0.25) is 9.36 Å². The fourth-order valence-electron chi connectivity index (χ4n) is 2.23. The summed E-state index contributed by atoms with van der Waals surface area (Å²) in [5.41, 5.74) is 0.539. The summed E-state index contributed by atoms with van der Waals surface area (Å²) in [6, 6.07) is 5.13. The van der Waals surface area contributed by atoms with E-state index in [1.54, 1.807) is 29.7 Å². The van der Waals surface area contributed by atoms with E-state index in [-0.39, 0.29) is 5.56 Å². The third kappa shape index (κ3) is 3.40. The molecule has 0 N–H and O–H groups in total. The van der Waals surface area contributed by atoms with Crippen molar-refractivity contribution in [3.63, 3.8) is 0 Å². The quantitative estimate of drug-likeness (QED) is 0.518. The van der Waals surface area contributed by atoms with Crippen LogP contribution in [0.3, 0.4) is 0 Å². The molecule has 0 bridgehead atoms. The van der Waals surface area contributed by atoms with Crippen LogP contribution in [0.15, 0.2) is 32.6 Å². The Morgan fingerprint density at radius 3 is 2.87 bits per heavy atom. The molecule has 0 radical (unpaired) electrons. The molecule has 0 aliphatic heterocycles. The van der Waals surface area contributed by atoms with Gasteiger partial charge in [0.05, 0.1) is 16.7 Å². The maximum atomic E-state index is 12.7. The molecule has 0 unspecified atom stereocenters. The molecule has 2 heterocycles. The van der Waals surface area contributed by atoms with Crippen LogP contribution in [0.2, 0.25) is 5.02 Å². The van der Waals surface area contributed by atoms with E-state index >= 15 is 0 Å². The van der Waals surface area contributed by atoms with Crippen molar-refractivity contribution in [1.82, 2.24) is 19.7 Å². The lowest BCUT2D eigenvalue weighted by Gasteiger charge is -2.11. The average molecular weight is 351 g/mol. The van der Waals surface area contributed by atoms with Crippen molar-refractivity contribution in [2.75, 3.05) is 0 Å². The standard InChI is InChI=1S/C15H15ClN4O2S/c1-3-6-20-14(21)11-5-4-10(16)7-12(11)17-15(20)23-8-13-19-18-9(2)22-13/h4-5,7H,3,6,8H2,1-2H3. The maximum Gasteiger partial charge on any atom is 0.262 e. The second kappa shape index (κ2) is 6.72. The van der Waals surface area contributed by atoms with Crippen LogP contribution >= 0.6 is 23.4 Å². The van der Waals surface area contributed by atoms with Crippen molar-refractivity contribution in [2.24, 2.45) is 0 Å². The molecule has 8 heteroatoms. The normalized spacial score (nSPS) is 11.3. The van der Waals surface area contributed by atoms with Gasteiger partial charge in [0.25, 0.3) is 5.56 Å². The SMILES string of the molecule is CCCn1c(SCc2nnc(C)o2)nc2cc(Cl)ccc2c1=O. The van der Waals surface area contributed by atoms with Gasteiger partial charge in [0.1, 0.15) is 0 Å². The Morgan fingerprint density at radius 2 is 2.17 bits per heavy atom. The molecule has 2 aromatic heterocycles. The number of halogens is 1. The highest BCUT2D eigenvalue weighted by molar-refractivity contribution is 7.98. The van der Waals surface area contributed by atoms with Crippen LogP contribution in [0.4, 0.5) is 0 Å². The van der Waals surface area contributed by atoms with Gasteiger partial charge in [0.2, 0.25) is 11.8 Å². The zero-order valence-corrected chi connectivity index (χ0v) is 14.3. The van der Waals surface area contributed by atoms with Gasteiger partial charge in [0.15, 0.2) is 5.16 Å². The summed E-state index contributed by atoms with van der Waals surface area (Å²) in [5.74, 6) is 1.49. The molecule has 0 amide bonds. The Labute approximate surface area is 141 Å². The first-order chi connectivity index (χ1) is 11.1. The molecule has 0 spiro atoms. The topological polar surface area (TPSA) is 73.8 Å². The first kappa shape index (κ1) is 16.0. The second-order valence-electron chi connectivity index (χ2n) is 5.02. The van der Waals surface area contributed by atoms with Crippen LogP contribution < -0.4 is 5.56 Å². The van der Waals surface area contributed by atoms with Crippen molar-refractivity contribution in [1.29, 1.82) is 0 Å². The van der Waals surface area contributed by atoms with Gasteiger partial charge in [-0.1, -0.05) is 30.3 Å². The number of hydrogen-bond donors (Lipinski definition) is 0. The van der Waals surface area contributed by atoms with E-state index in [4.69, 9.17) is 16.0 Å². The molecule has 3 rings (SSSR count). The van der Waals surface area contributed by atoms with Gasteiger partial charge in [-0.25, -0.2) is 4.98 Å². The number of fused-ring (bicyclic) bond motifs is 1. The number of aryl methyl sites for hydroxylation is 1. The van der Waals surface area contributed by atoms with Crippen molar-refractivity contribution in [3.8, 4) is 0 Å². The Kier molecular flexibility index (Phi) is 4.68. The fraction of sp³-hybridized carbons (Fsp3) is 0.333. The molecule has 1 aromatic carbocycles. The van der Waals surface area contributed by atoms with Crippen LogP contribution in [-0.2, 0) is 12.3 Å². The predicted octanol–water partition coefficient (Wildman–Crippen LogP) is 3.44. The van der Waals surface area contributed by atoms with Crippen molar-refractivity contribution in [3.05, 3.63) is 45.4 Å². The third-order valence-electron chi connectivity index (χ3n) is 3.22. The minimum Gasteiger partial charge on any atom is -0.425 e. The number of nitrogens with zero attached hydrogens (tertiary/aromatic N) is 4. The minimum atomic E-state index is -0.0577. The smallest absolute Gasteiger partial charge is 0.262 e. The van der Waals surface area contributed by atoms with Crippen molar-refractivity contribution in [2.45, 2.75) is 37.7 Å². The van der Waals surface area contributed by atoms with Gasteiger partial charge < -0.3 is 4.42 Å². The largest absolute Gasteiger partial charge is 0.425 e. The van der Waals surface area contributed by atoms with Crippen LogP contribution in [0.5, 0.6) is 0 Å². The molecule has 0 fully saturated rings. The molecule has 0 atom stereocenters. The predicted molar refractivity (Wildman–Crippen MR) is 89.9 cm³/mol. The molecular formula is C15H15ClN4O2S. The Morgan fingerprint density at radius 1 is 1.35 bits per heavy atom. The summed E-state index contributed by atoms with van der Waals surface area (Å²) in [6.07, 6.45) is 0.841. The van der Waals surface area contributed by atoms with Crippen LogP contribution in [0, 0.1) is 6.92 Å². The van der Waals surface area contributed by atoms with Gasteiger partial charge in [-0.15, -0.1) is 10.2 Å². The van der Waals surface area contributed by atoms with Gasteiger partial charge in [-0.05, 0) is 24.6 Å². The highest BCUT2D eigenvalue weighted by Crippen LogP contribution is 2.23. The third-order valence-corrected chi connectivity index (χ3v) is 4.42. The van der Waals surface area contributed by atoms with Gasteiger partial charge in [0, 0.05) is 18.5 Å². The lowest BCUT2D eigenvalue weighted by Crippen LogP contribution is -2.23. The summed E-state index contributed by atoms with van der Waals surface area (Å²) in [6.45, 7) is 4.37. The maximum absolute atomic E-state index is 12.7. The number of rotatable bonds is 5. The van der Waals surface area contributed by atoms with E-state index < -0.39 is 0 Å². The highest BCUT2D eigenvalue weighted by atomic mass is 35.5. The number of thioether (sulfide) groups is 1. The Hall–Kier alpha value is -1.86. The zero-order valence-electron chi connectivity index (χ0n) is 12.7. The summed E-state index contributed by atoms with van der Waals surface area (Å²) in [4.78, 5) is 17.3. The van der Waals surface area contributed by atoms with Crippen LogP contribution in [-0.4, -0.2) is 19.7 Å². The molecule has 3 aromatic rings.